The molecule has 100 valence electrons. The van der Waals surface area contributed by atoms with Gasteiger partial charge in [-0.25, -0.2) is 8.78 Å². The van der Waals surface area contributed by atoms with Crippen molar-refractivity contribution in [2.45, 2.75) is 19.9 Å². The van der Waals surface area contributed by atoms with E-state index in [-0.39, 0.29) is 5.82 Å². The molecule has 0 atom stereocenters. The van der Waals surface area contributed by atoms with Crippen LogP contribution in [0.4, 0.5) is 8.78 Å². The van der Waals surface area contributed by atoms with Gasteiger partial charge in [0.05, 0.1) is 6.20 Å². The summed E-state index contributed by atoms with van der Waals surface area (Å²) < 4.78 is 27.5. The standard InChI is InChI=1S/C15H16F2N2/c1-2-6-18-9-12-4-3-11(8-14(12)16)13-5-7-19-10-15(13)17/h3-5,7-8,10,18H,2,6,9H2,1H3. The van der Waals surface area contributed by atoms with Crippen LogP contribution >= 0.6 is 0 Å². The molecule has 1 N–H and O–H groups in total. The Labute approximate surface area is 111 Å². The molecule has 2 aromatic rings. The molecule has 0 bridgehead atoms. The monoisotopic (exact) mass is 262 g/mol. The molecular weight excluding hydrogens is 246 g/mol. The second kappa shape index (κ2) is 6.38. The van der Waals surface area contributed by atoms with Crippen molar-refractivity contribution in [3.8, 4) is 11.1 Å². The van der Waals surface area contributed by atoms with E-state index in [0.717, 1.165) is 19.2 Å². The third-order valence-corrected chi connectivity index (χ3v) is 2.88. The number of hydrogen-bond donors (Lipinski definition) is 1. The molecule has 0 spiro atoms. The SMILES string of the molecule is CCCNCc1ccc(-c2ccncc2F)cc1F. The number of halogens is 2. The lowest BCUT2D eigenvalue weighted by Gasteiger charge is -2.08. The largest absolute Gasteiger partial charge is 0.313 e. The van der Waals surface area contributed by atoms with Gasteiger partial charge in [0.15, 0.2) is 0 Å². The van der Waals surface area contributed by atoms with Crippen LogP contribution in [0.5, 0.6) is 0 Å². The van der Waals surface area contributed by atoms with Gasteiger partial charge in [-0.05, 0) is 30.7 Å². The molecule has 0 fully saturated rings. The van der Waals surface area contributed by atoms with Crippen LogP contribution in [0.25, 0.3) is 11.1 Å². The van der Waals surface area contributed by atoms with Crippen LogP contribution < -0.4 is 5.32 Å². The highest BCUT2D eigenvalue weighted by molar-refractivity contribution is 5.63. The molecule has 1 aromatic carbocycles. The summed E-state index contributed by atoms with van der Waals surface area (Å²) in [7, 11) is 0. The first-order valence-electron chi connectivity index (χ1n) is 6.31. The summed E-state index contributed by atoms with van der Waals surface area (Å²) in [4.78, 5) is 3.68. The van der Waals surface area contributed by atoms with Gasteiger partial charge in [0.25, 0.3) is 0 Å². The van der Waals surface area contributed by atoms with Crippen molar-refractivity contribution in [1.82, 2.24) is 10.3 Å². The summed E-state index contributed by atoms with van der Waals surface area (Å²) in [5, 5.41) is 3.14. The highest BCUT2D eigenvalue weighted by atomic mass is 19.1. The Morgan fingerprint density at radius 3 is 2.68 bits per heavy atom. The topological polar surface area (TPSA) is 24.9 Å². The molecule has 2 rings (SSSR count). The molecule has 0 saturated heterocycles. The van der Waals surface area contributed by atoms with Crippen LogP contribution in [-0.2, 0) is 6.54 Å². The number of nitrogens with one attached hydrogen (secondary N) is 1. The number of aromatic nitrogens is 1. The lowest BCUT2D eigenvalue weighted by molar-refractivity contribution is 0.586. The van der Waals surface area contributed by atoms with Crippen molar-refractivity contribution in [1.29, 1.82) is 0 Å². The van der Waals surface area contributed by atoms with Gasteiger partial charge in [0.2, 0.25) is 0 Å². The van der Waals surface area contributed by atoms with Crippen molar-refractivity contribution >= 4 is 0 Å². The fourth-order valence-corrected chi connectivity index (χ4v) is 1.87. The first-order chi connectivity index (χ1) is 9.22. The van der Waals surface area contributed by atoms with E-state index in [1.807, 2.05) is 0 Å². The van der Waals surface area contributed by atoms with Gasteiger partial charge in [-0.15, -0.1) is 0 Å². The summed E-state index contributed by atoms with van der Waals surface area (Å²) in [6.45, 7) is 3.39. The molecule has 0 unspecified atom stereocenters. The maximum atomic E-state index is 13.9. The second-order valence-electron chi connectivity index (χ2n) is 4.34. The molecule has 0 saturated carbocycles. The molecule has 0 aliphatic rings. The number of benzene rings is 1. The number of hydrogen-bond acceptors (Lipinski definition) is 2. The van der Waals surface area contributed by atoms with E-state index in [1.54, 1.807) is 18.2 Å². The Morgan fingerprint density at radius 1 is 1.16 bits per heavy atom. The van der Waals surface area contributed by atoms with Crippen molar-refractivity contribution in [2.24, 2.45) is 0 Å². The third-order valence-electron chi connectivity index (χ3n) is 2.88. The van der Waals surface area contributed by atoms with Gasteiger partial charge >= 0.3 is 0 Å². The smallest absolute Gasteiger partial charge is 0.149 e. The van der Waals surface area contributed by atoms with Crippen LogP contribution in [-0.4, -0.2) is 11.5 Å². The van der Waals surface area contributed by atoms with E-state index in [9.17, 15) is 8.78 Å². The van der Waals surface area contributed by atoms with Crippen LogP contribution in [0.3, 0.4) is 0 Å². The van der Waals surface area contributed by atoms with Gasteiger partial charge in [0, 0.05) is 23.9 Å². The Balaban J connectivity index is 2.21. The Kier molecular flexibility index (Phi) is 4.58. The molecule has 0 radical (unpaired) electrons. The minimum atomic E-state index is -0.446. The Morgan fingerprint density at radius 2 is 2.00 bits per heavy atom. The summed E-state index contributed by atoms with van der Waals surface area (Å²) in [6.07, 6.45) is 3.62. The minimum Gasteiger partial charge on any atom is -0.313 e. The van der Waals surface area contributed by atoms with Crippen molar-refractivity contribution in [3.05, 3.63) is 53.9 Å². The fourth-order valence-electron chi connectivity index (χ4n) is 1.87. The van der Waals surface area contributed by atoms with E-state index < -0.39 is 5.82 Å². The fraction of sp³-hybridized carbons (Fsp3) is 0.267. The van der Waals surface area contributed by atoms with Crippen molar-refractivity contribution in [2.75, 3.05) is 6.54 Å². The number of rotatable bonds is 5. The lowest BCUT2D eigenvalue weighted by Crippen LogP contribution is -2.14. The van der Waals surface area contributed by atoms with Gasteiger partial charge in [-0.3, -0.25) is 4.98 Å². The van der Waals surface area contributed by atoms with Crippen LogP contribution in [0, 0.1) is 11.6 Å². The highest BCUT2D eigenvalue weighted by Crippen LogP contribution is 2.23. The molecule has 19 heavy (non-hydrogen) atoms. The molecule has 1 aromatic heterocycles. The van der Waals surface area contributed by atoms with E-state index in [2.05, 4.69) is 17.2 Å². The minimum absolute atomic E-state index is 0.322. The van der Waals surface area contributed by atoms with Gasteiger partial charge in [0.1, 0.15) is 11.6 Å². The van der Waals surface area contributed by atoms with Crippen LogP contribution in [0.2, 0.25) is 0 Å². The molecule has 0 amide bonds. The molecule has 2 nitrogen and oxygen atoms in total. The third kappa shape index (κ3) is 3.35. The van der Waals surface area contributed by atoms with Gasteiger partial charge in [-0.1, -0.05) is 19.1 Å². The molecule has 1 heterocycles. The second-order valence-corrected chi connectivity index (χ2v) is 4.34. The normalized spacial score (nSPS) is 10.7. The molecule has 4 heteroatoms. The average molecular weight is 262 g/mol. The quantitative estimate of drug-likeness (QED) is 0.834. The van der Waals surface area contributed by atoms with Crippen LogP contribution in [0.1, 0.15) is 18.9 Å². The van der Waals surface area contributed by atoms with Gasteiger partial charge in [-0.2, -0.15) is 0 Å². The Hall–Kier alpha value is -1.81. The van der Waals surface area contributed by atoms with E-state index in [4.69, 9.17) is 0 Å². The average Bonchev–Trinajstić information content (AvgIpc) is 2.41. The summed E-state index contributed by atoms with van der Waals surface area (Å²) in [5.74, 6) is -0.768. The molecule has 0 aliphatic carbocycles. The summed E-state index contributed by atoms with van der Waals surface area (Å²) in [5.41, 5.74) is 1.48. The maximum Gasteiger partial charge on any atom is 0.149 e. The zero-order valence-electron chi connectivity index (χ0n) is 10.8. The Bertz CT molecular complexity index is 556. The zero-order valence-corrected chi connectivity index (χ0v) is 10.8. The predicted molar refractivity (Wildman–Crippen MR) is 71.6 cm³/mol. The molecule has 0 aliphatic heterocycles. The summed E-state index contributed by atoms with van der Waals surface area (Å²) >= 11 is 0. The summed E-state index contributed by atoms with van der Waals surface area (Å²) in [6, 6.07) is 6.32. The number of nitrogens with zero attached hydrogens (tertiary/aromatic N) is 1. The number of pyridine rings is 1. The van der Waals surface area contributed by atoms with E-state index in [0.29, 0.717) is 23.2 Å². The van der Waals surface area contributed by atoms with E-state index >= 15 is 0 Å². The van der Waals surface area contributed by atoms with Crippen molar-refractivity contribution < 1.29 is 8.78 Å². The van der Waals surface area contributed by atoms with Crippen LogP contribution in [0.15, 0.2) is 36.7 Å². The molecular formula is C15H16F2N2. The van der Waals surface area contributed by atoms with Gasteiger partial charge < -0.3 is 5.32 Å². The van der Waals surface area contributed by atoms with Crippen molar-refractivity contribution in [3.63, 3.8) is 0 Å². The van der Waals surface area contributed by atoms with E-state index in [1.165, 1.54) is 12.3 Å². The zero-order chi connectivity index (χ0) is 13.7. The lowest BCUT2D eigenvalue weighted by atomic mass is 10.0. The predicted octanol–water partition coefficient (Wildman–Crippen LogP) is 3.53. The maximum absolute atomic E-state index is 13.9. The highest BCUT2D eigenvalue weighted by Gasteiger charge is 2.08. The first-order valence-corrected chi connectivity index (χ1v) is 6.31. The first kappa shape index (κ1) is 13.6.